The molecule has 0 fully saturated rings. The first-order valence-electron chi connectivity index (χ1n) is 5.95. The van der Waals surface area contributed by atoms with E-state index in [2.05, 4.69) is 12.1 Å². The monoisotopic (exact) mass is 767 g/mol. The summed E-state index contributed by atoms with van der Waals surface area (Å²) in [7, 11) is -2.87. The van der Waals surface area contributed by atoms with Gasteiger partial charge in [0.15, 0.2) is 12.4 Å². The highest BCUT2D eigenvalue weighted by molar-refractivity contribution is 14.2. The third-order valence-corrected chi connectivity index (χ3v) is 12.0. The molecule has 0 heterocycles. The summed E-state index contributed by atoms with van der Waals surface area (Å²) in [5.74, 6) is 0. The zero-order valence-electron chi connectivity index (χ0n) is 11.2. The molecule has 0 aliphatic heterocycles. The van der Waals surface area contributed by atoms with Gasteiger partial charge in [0.25, 0.3) is 0 Å². The minimum absolute atomic E-state index is 0.313. The molecule has 3 nitrogen and oxygen atoms in total. The van der Waals surface area contributed by atoms with Gasteiger partial charge in [-0.15, -0.1) is 0 Å². The number of nitrogens with two attached hydrogens (primary N) is 1. The Morgan fingerprint density at radius 3 is 1.50 bits per heavy atom. The van der Waals surface area contributed by atoms with Crippen LogP contribution in [0.3, 0.4) is 0 Å². The van der Waals surface area contributed by atoms with Crippen LogP contribution >= 0.6 is 90.4 Å². The van der Waals surface area contributed by atoms with Crippen molar-refractivity contribution in [3.8, 4) is 11.1 Å². The Bertz CT molecular complexity index is 660. The molecule has 0 radical (unpaired) electrons. The molecule has 2 aromatic rings. The second kappa shape index (κ2) is 10.2. The molecule has 0 atom stereocenters. The minimum atomic E-state index is -2.87. The van der Waals surface area contributed by atoms with Gasteiger partial charge in [0.05, 0.1) is 0 Å². The lowest BCUT2D eigenvalue weighted by molar-refractivity contribution is 0.605. The molecule has 0 saturated heterocycles. The summed E-state index contributed by atoms with van der Waals surface area (Å²) in [6.45, 7) is 0. The van der Waals surface area contributed by atoms with E-state index in [1.807, 2.05) is 133 Å². The first-order chi connectivity index (χ1) is 10.2. The number of anilines is 1. The lowest BCUT2D eigenvalue weighted by atomic mass is 10.1. The van der Waals surface area contributed by atoms with Gasteiger partial charge in [0, 0.05) is 5.69 Å². The highest BCUT2D eigenvalue weighted by atomic mass is 127. The summed E-state index contributed by atoms with van der Waals surface area (Å²) in [6, 6.07) is 18.2. The molecule has 0 spiro atoms. The van der Waals surface area contributed by atoms with E-state index in [1.165, 1.54) is 11.1 Å². The second-order valence-electron chi connectivity index (χ2n) is 4.10. The number of hydrogen-bond acceptors (Lipinski definition) is 3. The Kier molecular flexibility index (Phi) is 9.79. The predicted octanol–water partition coefficient (Wildman–Crippen LogP) is 5.64. The zero-order chi connectivity index (χ0) is 16.8. The van der Waals surface area contributed by atoms with Crippen molar-refractivity contribution in [1.82, 2.24) is 0 Å². The standard InChI is InChI=1S/C12H11N.C2H2I4O2S/c13-12-8-6-11(7-9-12)10-4-2-1-3-5-10;3-1(4)9(7,8)2(5)6/h1-9H,13H2;1-2H. The largest absolute Gasteiger partial charge is 0.399 e. The van der Waals surface area contributed by atoms with Crippen LogP contribution in [-0.2, 0) is 9.84 Å². The maximum atomic E-state index is 11.0. The fourth-order valence-electron chi connectivity index (χ4n) is 1.38. The number of nitrogen functional groups attached to an aromatic ring is 1. The molecular formula is C14H13I4NO2S. The van der Waals surface area contributed by atoms with Crippen molar-refractivity contribution in [3.63, 3.8) is 0 Å². The molecule has 0 aliphatic carbocycles. The SMILES string of the molecule is Nc1ccc(-c2ccccc2)cc1.O=S(=O)(C(I)I)C(I)I. The normalized spacial score (nSPS) is 11.2. The second-order valence-corrected chi connectivity index (χ2v) is 19.3. The van der Waals surface area contributed by atoms with Crippen LogP contribution in [0.2, 0.25) is 0 Å². The summed E-state index contributed by atoms with van der Waals surface area (Å²) in [5, 5.41) is 0. The van der Waals surface area contributed by atoms with E-state index >= 15 is 0 Å². The van der Waals surface area contributed by atoms with Gasteiger partial charge in [-0.1, -0.05) is 133 Å². The molecule has 22 heavy (non-hydrogen) atoms. The van der Waals surface area contributed by atoms with Crippen molar-refractivity contribution in [2.45, 2.75) is 2.53 Å². The smallest absolute Gasteiger partial charge is 0.192 e. The third-order valence-electron chi connectivity index (χ3n) is 2.51. The van der Waals surface area contributed by atoms with Crippen molar-refractivity contribution in [2.75, 3.05) is 5.73 Å². The van der Waals surface area contributed by atoms with E-state index in [0.717, 1.165) is 5.69 Å². The minimum Gasteiger partial charge on any atom is -0.399 e. The predicted molar refractivity (Wildman–Crippen MR) is 129 cm³/mol. The van der Waals surface area contributed by atoms with Crippen LogP contribution in [0, 0.1) is 0 Å². The van der Waals surface area contributed by atoms with Crippen LogP contribution in [0.4, 0.5) is 5.69 Å². The summed E-state index contributed by atoms with van der Waals surface area (Å²) < 4.78 is 21.4. The topological polar surface area (TPSA) is 60.2 Å². The third kappa shape index (κ3) is 6.93. The molecule has 0 saturated carbocycles. The molecule has 0 bridgehead atoms. The van der Waals surface area contributed by atoms with E-state index in [9.17, 15) is 8.42 Å². The fourth-order valence-corrected chi connectivity index (χ4v) is 11.8. The summed E-state index contributed by atoms with van der Waals surface area (Å²) in [4.78, 5) is 0. The average molecular weight is 767 g/mol. The van der Waals surface area contributed by atoms with E-state index in [1.54, 1.807) is 0 Å². The summed E-state index contributed by atoms with van der Waals surface area (Å²) in [5.41, 5.74) is 8.84. The molecule has 2 rings (SSSR count). The Labute approximate surface area is 185 Å². The average Bonchev–Trinajstić information content (AvgIpc) is 2.49. The molecular weight excluding hydrogens is 754 g/mol. The van der Waals surface area contributed by atoms with Gasteiger partial charge in [0.2, 0.25) is 0 Å². The molecule has 0 amide bonds. The molecule has 0 aliphatic rings. The first-order valence-corrected chi connectivity index (χ1v) is 12.5. The van der Waals surface area contributed by atoms with E-state index < -0.39 is 9.84 Å². The van der Waals surface area contributed by atoms with Gasteiger partial charge in [-0.25, -0.2) is 8.42 Å². The van der Waals surface area contributed by atoms with Crippen molar-refractivity contribution in [3.05, 3.63) is 54.6 Å². The fraction of sp³-hybridized carbons (Fsp3) is 0.143. The van der Waals surface area contributed by atoms with Crippen LogP contribution < -0.4 is 5.73 Å². The van der Waals surface area contributed by atoms with Crippen molar-refractivity contribution < 1.29 is 8.42 Å². The zero-order valence-corrected chi connectivity index (χ0v) is 20.6. The van der Waals surface area contributed by atoms with Crippen LogP contribution in [0.25, 0.3) is 11.1 Å². The van der Waals surface area contributed by atoms with Crippen LogP contribution in [0.1, 0.15) is 0 Å². The Balaban J connectivity index is 0.000000239. The quantitative estimate of drug-likeness (QED) is 0.250. The van der Waals surface area contributed by atoms with Crippen LogP contribution in [0.5, 0.6) is 0 Å². The summed E-state index contributed by atoms with van der Waals surface area (Å²) in [6.07, 6.45) is 0. The number of rotatable bonds is 3. The molecule has 120 valence electrons. The molecule has 2 aromatic carbocycles. The maximum absolute atomic E-state index is 11.0. The number of halogens is 4. The highest BCUT2D eigenvalue weighted by Gasteiger charge is 2.25. The van der Waals surface area contributed by atoms with Gasteiger partial charge in [-0.2, -0.15) is 0 Å². The van der Waals surface area contributed by atoms with E-state index in [-0.39, 0.29) is 2.53 Å². The first kappa shape index (κ1) is 21.2. The number of sulfone groups is 1. The highest BCUT2D eigenvalue weighted by Crippen LogP contribution is 2.29. The van der Waals surface area contributed by atoms with Gasteiger partial charge >= 0.3 is 0 Å². The van der Waals surface area contributed by atoms with Crippen molar-refractivity contribution in [2.24, 2.45) is 0 Å². The lowest BCUT2D eigenvalue weighted by Gasteiger charge is -2.03. The number of alkyl halides is 4. The van der Waals surface area contributed by atoms with Gasteiger partial charge in [-0.3, -0.25) is 0 Å². The molecule has 0 unspecified atom stereocenters. The van der Waals surface area contributed by atoms with Crippen molar-refractivity contribution >= 4 is 106 Å². The Morgan fingerprint density at radius 1 is 0.727 bits per heavy atom. The van der Waals surface area contributed by atoms with Crippen LogP contribution in [-0.4, -0.2) is 10.9 Å². The lowest BCUT2D eigenvalue weighted by Crippen LogP contribution is -2.13. The molecule has 8 heteroatoms. The van der Waals surface area contributed by atoms with Crippen molar-refractivity contribution in [1.29, 1.82) is 0 Å². The van der Waals surface area contributed by atoms with Gasteiger partial charge < -0.3 is 5.73 Å². The van der Waals surface area contributed by atoms with Gasteiger partial charge in [-0.05, 0) is 23.3 Å². The molecule has 2 N–H and O–H groups in total. The number of benzene rings is 2. The summed E-state index contributed by atoms with van der Waals surface area (Å²) >= 11 is 7.56. The van der Waals surface area contributed by atoms with E-state index in [0.29, 0.717) is 0 Å². The number of hydrogen-bond donors (Lipinski definition) is 1. The van der Waals surface area contributed by atoms with Crippen LogP contribution in [0.15, 0.2) is 54.6 Å². The van der Waals surface area contributed by atoms with Gasteiger partial charge in [0.1, 0.15) is 0 Å². The maximum Gasteiger partial charge on any atom is 0.192 e. The molecule has 0 aromatic heterocycles. The Morgan fingerprint density at radius 2 is 1.14 bits per heavy atom. The Hall–Kier alpha value is 1.11. The van der Waals surface area contributed by atoms with E-state index in [4.69, 9.17) is 5.73 Å².